The fraction of sp³-hybridized carbons (Fsp3) is 0.231. The summed E-state index contributed by atoms with van der Waals surface area (Å²) in [5, 5.41) is 1.08. The van der Waals surface area contributed by atoms with Gasteiger partial charge in [-0.3, -0.25) is 0 Å². The molecule has 0 aliphatic rings. The number of rotatable bonds is 4. The number of hydrogen-bond acceptors (Lipinski definition) is 5. The van der Waals surface area contributed by atoms with E-state index in [-0.39, 0.29) is 0 Å². The molecule has 1 heterocycles. The van der Waals surface area contributed by atoms with Crippen molar-refractivity contribution in [1.29, 1.82) is 0 Å². The van der Waals surface area contributed by atoms with Gasteiger partial charge in [0, 0.05) is 9.90 Å². The van der Waals surface area contributed by atoms with Crippen molar-refractivity contribution < 1.29 is 9.53 Å². The van der Waals surface area contributed by atoms with Gasteiger partial charge in [0.15, 0.2) is 10.8 Å². The second-order valence-corrected chi connectivity index (χ2v) is 5.50. The van der Waals surface area contributed by atoms with Crippen LogP contribution >= 0.6 is 22.9 Å². The van der Waals surface area contributed by atoms with Gasteiger partial charge in [-0.15, -0.1) is 11.3 Å². The zero-order valence-corrected chi connectivity index (χ0v) is 11.9. The van der Waals surface area contributed by atoms with Gasteiger partial charge in [0.25, 0.3) is 0 Å². The molecule has 2 rings (SSSR count). The third-order valence-corrected chi connectivity index (χ3v) is 3.80. The highest BCUT2D eigenvalue weighted by Crippen LogP contribution is 2.23. The van der Waals surface area contributed by atoms with Crippen LogP contribution in [0, 0.1) is 0 Å². The average molecular weight is 297 g/mol. The second kappa shape index (κ2) is 6.04. The van der Waals surface area contributed by atoms with Crippen LogP contribution in [0.15, 0.2) is 24.3 Å². The first-order chi connectivity index (χ1) is 9.10. The number of aromatic nitrogens is 1. The number of ether oxygens (including phenoxy) is 1. The first-order valence-corrected chi connectivity index (χ1v) is 6.87. The van der Waals surface area contributed by atoms with Crippen molar-refractivity contribution in [2.75, 3.05) is 12.8 Å². The van der Waals surface area contributed by atoms with Gasteiger partial charge in [0.2, 0.25) is 0 Å². The third-order valence-electron chi connectivity index (χ3n) is 2.62. The first-order valence-electron chi connectivity index (χ1n) is 5.68. The molecule has 0 amide bonds. The quantitative estimate of drug-likeness (QED) is 0.881. The summed E-state index contributed by atoms with van der Waals surface area (Å²) in [5.74, 6) is -0.450. The van der Waals surface area contributed by atoms with Crippen molar-refractivity contribution in [3.05, 3.63) is 45.4 Å². The van der Waals surface area contributed by atoms with Gasteiger partial charge in [-0.1, -0.05) is 23.7 Å². The van der Waals surface area contributed by atoms with Crippen LogP contribution in [0.5, 0.6) is 0 Å². The minimum absolute atomic E-state index is 0.312. The van der Waals surface area contributed by atoms with Crippen LogP contribution in [0.3, 0.4) is 0 Å². The summed E-state index contributed by atoms with van der Waals surface area (Å²) in [6, 6.07) is 7.63. The zero-order chi connectivity index (χ0) is 13.8. The number of thiazole rings is 1. The summed E-state index contributed by atoms with van der Waals surface area (Å²) in [7, 11) is 1.33. The Balaban J connectivity index is 2.13. The molecule has 0 radical (unpaired) electrons. The number of nitrogens with zero attached hydrogens (tertiary/aromatic N) is 1. The molecule has 0 aliphatic heterocycles. The predicted octanol–water partition coefficient (Wildman–Crippen LogP) is 2.95. The highest BCUT2D eigenvalue weighted by atomic mass is 35.5. The minimum atomic E-state index is -0.450. The van der Waals surface area contributed by atoms with E-state index in [1.807, 2.05) is 24.3 Å². The van der Waals surface area contributed by atoms with Crippen LogP contribution in [0.1, 0.15) is 20.9 Å². The summed E-state index contributed by atoms with van der Waals surface area (Å²) in [6.45, 7) is 0. The van der Waals surface area contributed by atoms with E-state index in [1.54, 1.807) is 0 Å². The lowest BCUT2D eigenvalue weighted by atomic mass is 10.1. The molecule has 1 aromatic carbocycles. The Morgan fingerprint density at radius 2 is 2.26 bits per heavy atom. The summed E-state index contributed by atoms with van der Waals surface area (Å²) in [4.78, 5) is 16.4. The molecule has 0 spiro atoms. The Labute approximate surface area is 120 Å². The van der Waals surface area contributed by atoms with Crippen molar-refractivity contribution in [2.24, 2.45) is 0 Å². The van der Waals surface area contributed by atoms with E-state index in [2.05, 4.69) is 9.72 Å². The van der Waals surface area contributed by atoms with Gasteiger partial charge in [-0.05, 0) is 30.5 Å². The number of anilines is 1. The van der Waals surface area contributed by atoms with Crippen LogP contribution in [0.25, 0.3) is 0 Å². The molecule has 0 atom stereocenters. The molecular weight excluding hydrogens is 284 g/mol. The summed E-state index contributed by atoms with van der Waals surface area (Å²) >= 11 is 7.25. The Hall–Kier alpha value is -1.59. The van der Waals surface area contributed by atoms with Crippen LogP contribution in [0.4, 0.5) is 5.13 Å². The Morgan fingerprint density at radius 3 is 2.95 bits per heavy atom. The standard InChI is InChI=1S/C13H13ClN2O2S/c1-18-12(17)11-10(19-13(15)16-11)6-5-8-3-2-4-9(14)7-8/h2-4,7H,5-6H2,1H3,(H2,15,16). The van der Waals surface area contributed by atoms with E-state index in [0.29, 0.717) is 22.3 Å². The molecule has 0 saturated carbocycles. The average Bonchev–Trinajstić information content (AvgIpc) is 2.77. The van der Waals surface area contributed by atoms with Crippen molar-refractivity contribution in [3.8, 4) is 0 Å². The number of methoxy groups -OCH3 is 1. The highest BCUT2D eigenvalue weighted by Gasteiger charge is 2.17. The van der Waals surface area contributed by atoms with Gasteiger partial charge in [0.1, 0.15) is 0 Å². The van der Waals surface area contributed by atoms with Crippen molar-refractivity contribution in [1.82, 2.24) is 4.98 Å². The lowest BCUT2D eigenvalue weighted by Crippen LogP contribution is -2.05. The van der Waals surface area contributed by atoms with Gasteiger partial charge in [0.05, 0.1) is 7.11 Å². The van der Waals surface area contributed by atoms with Crippen molar-refractivity contribution in [2.45, 2.75) is 12.8 Å². The van der Waals surface area contributed by atoms with Crippen LogP contribution in [0.2, 0.25) is 5.02 Å². The maximum atomic E-state index is 11.6. The molecular formula is C13H13ClN2O2S. The molecule has 0 unspecified atom stereocenters. The fourth-order valence-corrected chi connectivity index (χ4v) is 2.78. The largest absolute Gasteiger partial charge is 0.464 e. The number of esters is 1. The molecule has 0 fully saturated rings. The molecule has 2 aromatic rings. The number of carbonyl (C=O) groups excluding carboxylic acids is 1. The third kappa shape index (κ3) is 3.45. The van der Waals surface area contributed by atoms with E-state index >= 15 is 0 Å². The maximum absolute atomic E-state index is 11.6. The van der Waals surface area contributed by atoms with E-state index < -0.39 is 5.97 Å². The number of benzene rings is 1. The number of carbonyl (C=O) groups is 1. The lowest BCUT2D eigenvalue weighted by Gasteiger charge is -2.02. The number of halogens is 1. The van der Waals surface area contributed by atoms with E-state index in [9.17, 15) is 4.79 Å². The number of nitrogens with two attached hydrogens (primary N) is 1. The second-order valence-electron chi connectivity index (χ2n) is 3.95. The van der Waals surface area contributed by atoms with Crippen molar-refractivity contribution >= 4 is 34.0 Å². The summed E-state index contributed by atoms with van der Waals surface area (Å²) in [5.41, 5.74) is 7.06. The zero-order valence-electron chi connectivity index (χ0n) is 10.4. The highest BCUT2D eigenvalue weighted by molar-refractivity contribution is 7.15. The molecule has 4 nitrogen and oxygen atoms in total. The van der Waals surface area contributed by atoms with E-state index in [4.69, 9.17) is 17.3 Å². The Morgan fingerprint density at radius 1 is 1.47 bits per heavy atom. The number of aryl methyl sites for hydroxylation is 2. The van der Waals surface area contributed by atoms with Gasteiger partial charge >= 0.3 is 5.97 Å². The molecule has 19 heavy (non-hydrogen) atoms. The molecule has 100 valence electrons. The van der Waals surface area contributed by atoms with Gasteiger partial charge in [-0.2, -0.15) is 0 Å². The predicted molar refractivity (Wildman–Crippen MR) is 76.7 cm³/mol. The molecule has 0 bridgehead atoms. The topological polar surface area (TPSA) is 65.2 Å². The smallest absolute Gasteiger partial charge is 0.357 e. The molecule has 0 aliphatic carbocycles. The molecule has 1 aromatic heterocycles. The summed E-state index contributed by atoms with van der Waals surface area (Å²) in [6.07, 6.45) is 1.45. The van der Waals surface area contributed by atoms with Crippen LogP contribution in [-0.2, 0) is 17.6 Å². The van der Waals surface area contributed by atoms with Gasteiger partial charge < -0.3 is 10.5 Å². The number of hydrogen-bond donors (Lipinski definition) is 1. The molecule has 2 N–H and O–H groups in total. The lowest BCUT2D eigenvalue weighted by molar-refractivity contribution is 0.0594. The van der Waals surface area contributed by atoms with E-state index in [0.717, 1.165) is 16.9 Å². The number of nitrogen functional groups attached to an aromatic ring is 1. The maximum Gasteiger partial charge on any atom is 0.357 e. The fourth-order valence-electron chi connectivity index (χ4n) is 1.75. The van der Waals surface area contributed by atoms with Crippen molar-refractivity contribution in [3.63, 3.8) is 0 Å². The van der Waals surface area contributed by atoms with Gasteiger partial charge in [-0.25, -0.2) is 9.78 Å². The SMILES string of the molecule is COC(=O)c1nc(N)sc1CCc1cccc(Cl)c1. The van der Waals surface area contributed by atoms with Crippen LogP contribution < -0.4 is 5.73 Å². The van der Waals surface area contributed by atoms with Crippen LogP contribution in [-0.4, -0.2) is 18.1 Å². The molecule has 0 saturated heterocycles. The summed E-state index contributed by atoms with van der Waals surface area (Å²) < 4.78 is 4.69. The molecule has 6 heteroatoms. The monoisotopic (exact) mass is 296 g/mol. The van der Waals surface area contributed by atoms with E-state index in [1.165, 1.54) is 18.4 Å². The minimum Gasteiger partial charge on any atom is -0.464 e. The first kappa shape index (κ1) is 13.8. The normalized spacial score (nSPS) is 10.4. The Kier molecular flexibility index (Phi) is 4.39. The Bertz CT molecular complexity index is 598.